The first-order chi connectivity index (χ1) is 11.3. The van der Waals surface area contributed by atoms with Crippen molar-refractivity contribution in [2.75, 3.05) is 7.05 Å². The lowest BCUT2D eigenvalue weighted by molar-refractivity contribution is -0.129. The monoisotopic (exact) mass is 345 g/mol. The van der Waals surface area contributed by atoms with E-state index in [0.29, 0.717) is 0 Å². The number of hydrogen-bond donors (Lipinski definition) is 2. The highest BCUT2D eigenvalue weighted by Crippen LogP contribution is 2.32. The molecule has 2 N–H and O–H groups in total. The van der Waals surface area contributed by atoms with Gasteiger partial charge in [0, 0.05) is 7.05 Å². The van der Waals surface area contributed by atoms with Crippen LogP contribution in [0.25, 0.3) is 11.1 Å². The van der Waals surface area contributed by atoms with Gasteiger partial charge in [-0.05, 0) is 41.8 Å². The van der Waals surface area contributed by atoms with Crippen LogP contribution in [0.15, 0.2) is 42.5 Å². The second-order valence-corrected chi connectivity index (χ2v) is 6.55. The van der Waals surface area contributed by atoms with Gasteiger partial charge in [0.2, 0.25) is 5.91 Å². The van der Waals surface area contributed by atoms with Crippen molar-refractivity contribution in [2.45, 2.75) is 18.9 Å². The number of amides is 1. The Morgan fingerprint density at radius 2 is 1.96 bits per heavy atom. The van der Waals surface area contributed by atoms with E-state index in [9.17, 15) is 9.18 Å². The number of benzene rings is 2. The number of nitrogens with one attached hydrogen (secondary N) is 2. The van der Waals surface area contributed by atoms with E-state index in [2.05, 4.69) is 5.32 Å². The van der Waals surface area contributed by atoms with Crippen LogP contribution in [0.4, 0.5) is 4.39 Å². The summed E-state index contributed by atoms with van der Waals surface area (Å²) in [6.45, 7) is 1.89. The van der Waals surface area contributed by atoms with Crippen molar-refractivity contribution in [3.05, 3.63) is 58.9 Å². The van der Waals surface area contributed by atoms with E-state index in [1.165, 1.54) is 11.0 Å². The molecular formula is C18H17ClFN3O. The van der Waals surface area contributed by atoms with Gasteiger partial charge in [-0.15, -0.1) is 0 Å². The Hall–Kier alpha value is -2.40. The van der Waals surface area contributed by atoms with Crippen LogP contribution in [-0.2, 0) is 10.3 Å². The molecule has 0 radical (unpaired) electrons. The lowest BCUT2D eigenvalue weighted by Crippen LogP contribution is -2.58. The predicted molar refractivity (Wildman–Crippen MR) is 92.4 cm³/mol. The van der Waals surface area contributed by atoms with Crippen LogP contribution < -0.4 is 5.32 Å². The highest BCUT2D eigenvalue weighted by molar-refractivity contribution is 6.31. The summed E-state index contributed by atoms with van der Waals surface area (Å²) in [5.41, 5.74) is 1.88. The zero-order valence-corrected chi connectivity index (χ0v) is 14.1. The summed E-state index contributed by atoms with van der Waals surface area (Å²) in [5.74, 6) is -0.500. The molecule has 0 aliphatic carbocycles. The van der Waals surface area contributed by atoms with Gasteiger partial charge in [-0.1, -0.05) is 35.9 Å². The Morgan fingerprint density at radius 1 is 1.25 bits per heavy atom. The first-order valence-corrected chi connectivity index (χ1v) is 7.87. The lowest BCUT2D eigenvalue weighted by atomic mass is 9.85. The molecule has 6 heteroatoms. The second kappa shape index (κ2) is 5.91. The Labute approximate surface area is 144 Å². The number of carbonyl (C=O) groups is 1. The highest BCUT2D eigenvalue weighted by Gasteiger charge is 2.37. The van der Waals surface area contributed by atoms with Crippen molar-refractivity contribution in [1.82, 2.24) is 10.2 Å². The van der Waals surface area contributed by atoms with Gasteiger partial charge < -0.3 is 5.32 Å². The van der Waals surface area contributed by atoms with Gasteiger partial charge in [-0.25, -0.2) is 4.39 Å². The summed E-state index contributed by atoms with van der Waals surface area (Å²) >= 11 is 5.87. The summed E-state index contributed by atoms with van der Waals surface area (Å²) in [4.78, 5) is 13.4. The fraction of sp³-hybridized carbons (Fsp3) is 0.222. The molecule has 0 spiro atoms. The van der Waals surface area contributed by atoms with Gasteiger partial charge in [-0.2, -0.15) is 0 Å². The van der Waals surface area contributed by atoms with E-state index in [0.717, 1.165) is 16.7 Å². The molecule has 0 saturated carbocycles. The van der Waals surface area contributed by atoms with E-state index in [1.807, 2.05) is 31.2 Å². The van der Waals surface area contributed by atoms with Crippen molar-refractivity contribution in [2.24, 2.45) is 0 Å². The minimum Gasteiger partial charge on any atom is -0.346 e. The standard InChI is InChI=1S/C18H17ClFN3O/c1-18(10-16(24)23(2)17(21)22-18)13-5-3-4-11(8-13)12-6-7-15(20)14(19)9-12/h3-9H,10H2,1-2H3,(H2,21,22)/t18-/m0/s1. The molecule has 1 aliphatic heterocycles. The molecule has 2 aromatic carbocycles. The SMILES string of the molecule is CN1C(=N)N[C@](C)(c2cccc(-c3ccc(F)c(Cl)c3)c2)CC1=O. The molecule has 0 unspecified atom stereocenters. The Morgan fingerprint density at radius 3 is 2.62 bits per heavy atom. The maximum Gasteiger partial charge on any atom is 0.231 e. The van der Waals surface area contributed by atoms with Crippen LogP contribution in [0.3, 0.4) is 0 Å². The molecule has 2 aromatic rings. The van der Waals surface area contributed by atoms with E-state index in [4.69, 9.17) is 17.0 Å². The fourth-order valence-electron chi connectivity index (χ4n) is 2.83. The van der Waals surface area contributed by atoms with Gasteiger partial charge in [0.05, 0.1) is 17.0 Å². The van der Waals surface area contributed by atoms with Gasteiger partial charge in [0.15, 0.2) is 5.96 Å². The number of halogens is 2. The topological polar surface area (TPSA) is 56.2 Å². The minimum atomic E-state index is -0.666. The second-order valence-electron chi connectivity index (χ2n) is 6.14. The zero-order chi connectivity index (χ0) is 17.5. The quantitative estimate of drug-likeness (QED) is 0.871. The Balaban J connectivity index is 2.00. The third-order valence-electron chi connectivity index (χ3n) is 4.36. The Kier molecular flexibility index (Phi) is 4.05. The van der Waals surface area contributed by atoms with Crippen LogP contribution >= 0.6 is 11.6 Å². The number of hydrogen-bond acceptors (Lipinski definition) is 2. The molecule has 4 nitrogen and oxygen atoms in total. The van der Waals surface area contributed by atoms with Gasteiger partial charge in [0.25, 0.3) is 0 Å². The molecule has 1 fully saturated rings. The molecule has 1 heterocycles. The summed E-state index contributed by atoms with van der Waals surface area (Å²) < 4.78 is 13.4. The lowest BCUT2D eigenvalue weighted by Gasteiger charge is -2.39. The van der Waals surface area contributed by atoms with Crippen molar-refractivity contribution < 1.29 is 9.18 Å². The van der Waals surface area contributed by atoms with Crippen LogP contribution in [0.1, 0.15) is 18.9 Å². The van der Waals surface area contributed by atoms with E-state index in [1.54, 1.807) is 19.2 Å². The number of carbonyl (C=O) groups excluding carboxylic acids is 1. The average Bonchev–Trinajstić information content (AvgIpc) is 2.55. The largest absolute Gasteiger partial charge is 0.346 e. The van der Waals surface area contributed by atoms with Crippen LogP contribution in [0.2, 0.25) is 5.02 Å². The Bertz CT molecular complexity index is 819. The molecular weight excluding hydrogens is 329 g/mol. The van der Waals surface area contributed by atoms with Crippen molar-refractivity contribution in [1.29, 1.82) is 5.41 Å². The third kappa shape index (κ3) is 2.87. The van der Waals surface area contributed by atoms with Gasteiger partial charge in [-0.3, -0.25) is 15.1 Å². The first kappa shape index (κ1) is 16.5. The summed E-state index contributed by atoms with van der Waals surface area (Å²) in [6, 6.07) is 12.2. The predicted octanol–water partition coefficient (Wildman–Crippen LogP) is 3.75. The molecule has 0 aromatic heterocycles. The summed E-state index contributed by atoms with van der Waals surface area (Å²) in [5, 5.41) is 11.1. The molecule has 1 saturated heterocycles. The number of rotatable bonds is 2. The highest BCUT2D eigenvalue weighted by atomic mass is 35.5. The first-order valence-electron chi connectivity index (χ1n) is 7.49. The van der Waals surface area contributed by atoms with Crippen molar-refractivity contribution >= 4 is 23.5 Å². The maximum absolute atomic E-state index is 13.4. The van der Waals surface area contributed by atoms with Crippen molar-refractivity contribution in [3.63, 3.8) is 0 Å². The maximum atomic E-state index is 13.4. The number of guanidine groups is 1. The van der Waals surface area contributed by atoms with E-state index < -0.39 is 11.4 Å². The summed E-state index contributed by atoms with van der Waals surface area (Å²) in [6.07, 6.45) is 0.250. The fourth-order valence-corrected chi connectivity index (χ4v) is 3.01. The molecule has 124 valence electrons. The van der Waals surface area contributed by atoms with E-state index in [-0.39, 0.29) is 23.3 Å². The number of nitrogens with zero attached hydrogens (tertiary/aromatic N) is 1. The molecule has 1 atom stereocenters. The molecule has 1 amide bonds. The average molecular weight is 346 g/mol. The normalized spacial score (nSPS) is 20.9. The van der Waals surface area contributed by atoms with Crippen LogP contribution in [0.5, 0.6) is 0 Å². The smallest absolute Gasteiger partial charge is 0.231 e. The van der Waals surface area contributed by atoms with E-state index >= 15 is 0 Å². The van der Waals surface area contributed by atoms with Crippen LogP contribution in [0, 0.1) is 11.2 Å². The van der Waals surface area contributed by atoms with Crippen LogP contribution in [-0.4, -0.2) is 23.8 Å². The van der Waals surface area contributed by atoms with Crippen molar-refractivity contribution in [3.8, 4) is 11.1 Å². The molecule has 1 aliphatic rings. The third-order valence-corrected chi connectivity index (χ3v) is 4.65. The van der Waals surface area contributed by atoms with Gasteiger partial charge >= 0.3 is 0 Å². The zero-order valence-electron chi connectivity index (χ0n) is 13.4. The molecule has 0 bridgehead atoms. The van der Waals surface area contributed by atoms with Gasteiger partial charge in [0.1, 0.15) is 5.82 Å². The minimum absolute atomic E-state index is 0.0680. The molecule has 3 rings (SSSR count). The summed E-state index contributed by atoms with van der Waals surface area (Å²) in [7, 11) is 1.58. The molecule has 24 heavy (non-hydrogen) atoms.